The van der Waals surface area contributed by atoms with E-state index >= 15 is 0 Å². The summed E-state index contributed by atoms with van der Waals surface area (Å²) in [4.78, 5) is 42.1. The van der Waals surface area contributed by atoms with Crippen LogP contribution in [0.15, 0.2) is 18.5 Å². The van der Waals surface area contributed by atoms with Crippen molar-refractivity contribution in [1.82, 2.24) is 25.3 Å². The van der Waals surface area contributed by atoms with E-state index in [2.05, 4.69) is 20.3 Å². The van der Waals surface area contributed by atoms with Gasteiger partial charge in [-0.3, -0.25) is 4.79 Å². The van der Waals surface area contributed by atoms with E-state index in [1.165, 1.54) is 24.6 Å². The Hall–Kier alpha value is -3.93. The summed E-state index contributed by atoms with van der Waals surface area (Å²) in [5.41, 5.74) is 2.94. The van der Waals surface area contributed by atoms with Crippen molar-refractivity contribution in [1.29, 1.82) is 0 Å². The van der Waals surface area contributed by atoms with Gasteiger partial charge in [-0.25, -0.2) is 19.2 Å². The van der Waals surface area contributed by atoms with Crippen LogP contribution in [0.1, 0.15) is 42.2 Å². The Kier molecular flexibility index (Phi) is 7.32. The Bertz CT molecular complexity index is 1360. The number of nitrogens with one attached hydrogen (secondary N) is 2. The summed E-state index contributed by atoms with van der Waals surface area (Å²) in [6, 6.07) is 2.62. The average molecular weight is 528 g/mol. The smallest absolute Gasteiger partial charge is 0.494 e. The van der Waals surface area contributed by atoms with Gasteiger partial charge in [0.05, 0.1) is 37.9 Å². The largest absolute Gasteiger partial charge is 0.527 e. The Morgan fingerprint density at radius 1 is 1.21 bits per heavy atom. The molecule has 1 aliphatic heterocycles. The molecule has 0 bridgehead atoms. The number of ether oxygens (including phenoxy) is 3. The summed E-state index contributed by atoms with van der Waals surface area (Å²) in [5, 5.41) is 4.47. The van der Waals surface area contributed by atoms with Crippen LogP contribution in [0.25, 0.3) is 22.3 Å². The zero-order valence-electron chi connectivity index (χ0n) is 21.5. The van der Waals surface area contributed by atoms with Crippen LogP contribution in [-0.2, 0) is 9.57 Å². The average Bonchev–Trinajstić information content (AvgIpc) is 3.52. The summed E-state index contributed by atoms with van der Waals surface area (Å²) < 4.78 is 30.6. The van der Waals surface area contributed by atoms with Gasteiger partial charge < -0.3 is 29.3 Å². The molecule has 2 aromatic heterocycles. The molecule has 1 saturated heterocycles. The monoisotopic (exact) mass is 527 g/mol. The first-order valence-corrected chi connectivity index (χ1v) is 12.6. The molecule has 12 heteroatoms. The van der Waals surface area contributed by atoms with Crippen molar-refractivity contribution >= 4 is 23.1 Å². The lowest BCUT2D eigenvalue weighted by molar-refractivity contribution is -0.112. The Balaban J connectivity index is 1.41. The molecule has 1 amide bonds. The second-order valence-electron chi connectivity index (χ2n) is 9.43. The molecule has 38 heavy (non-hydrogen) atoms. The third-order valence-electron chi connectivity index (χ3n) is 6.63. The van der Waals surface area contributed by atoms with Crippen LogP contribution < -0.4 is 14.8 Å². The molecule has 5 rings (SSSR count). The zero-order valence-corrected chi connectivity index (χ0v) is 21.5. The number of aryl methyl sites for hydroxylation is 1. The maximum atomic E-state index is 14.6. The number of fused-ring (bicyclic) bond motifs is 1. The van der Waals surface area contributed by atoms with Crippen LogP contribution in [0, 0.1) is 18.7 Å². The number of benzene rings is 1. The fourth-order valence-corrected chi connectivity index (χ4v) is 4.53. The van der Waals surface area contributed by atoms with E-state index in [1.807, 2.05) is 0 Å². The van der Waals surface area contributed by atoms with Gasteiger partial charge in [0.25, 0.3) is 5.91 Å². The van der Waals surface area contributed by atoms with Crippen molar-refractivity contribution < 1.29 is 33.0 Å². The number of amides is 1. The van der Waals surface area contributed by atoms with Gasteiger partial charge in [-0.15, -0.1) is 5.06 Å². The molecule has 0 spiro atoms. The fraction of sp³-hybridized carbons (Fsp3) is 0.462. The van der Waals surface area contributed by atoms with E-state index in [0.717, 1.165) is 12.8 Å². The van der Waals surface area contributed by atoms with Crippen molar-refractivity contribution in [2.45, 2.75) is 39.2 Å². The van der Waals surface area contributed by atoms with Crippen molar-refractivity contribution in [2.75, 3.05) is 33.4 Å². The highest BCUT2D eigenvalue weighted by Crippen LogP contribution is 2.39. The summed E-state index contributed by atoms with van der Waals surface area (Å²) in [6.45, 7) is 4.99. The van der Waals surface area contributed by atoms with E-state index in [-0.39, 0.29) is 24.3 Å². The number of carbonyl (C=O) groups excluding carboxylic acids is 2. The van der Waals surface area contributed by atoms with E-state index < -0.39 is 12.0 Å². The van der Waals surface area contributed by atoms with E-state index in [9.17, 15) is 14.0 Å². The Morgan fingerprint density at radius 2 is 2.03 bits per heavy atom. The lowest BCUT2D eigenvalue weighted by atomic mass is 10.1. The number of rotatable bonds is 9. The number of aromatic amines is 1. The molecule has 202 valence electrons. The normalized spacial score (nSPS) is 17.4. The fourth-order valence-electron chi connectivity index (χ4n) is 4.53. The maximum absolute atomic E-state index is 14.6. The first-order valence-electron chi connectivity index (χ1n) is 12.6. The summed E-state index contributed by atoms with van der Waals surface area (Å²) in [6.07, 6.45) is 3.38. The van der Waals surface area contributed by atoms with Gasteiger partial charge in [0.15, 0.2) is 11.6 Å². The maximum Gasteiger partial charge on any atom is 0.527 e. The third kappa shape index (κ3) is 5.35. The highest BCUT2D eigenvalue weighted by Gasteiger charge is 2.30. The number of aromatic nitrogens is 3. The highest BCUT2D eigenvalue weighted by molar-refractivity contribution is 6.09. The van der Waals surface area contributed by atoms with E-state index in [4.69, 9.17) is 19.0 Å². The van der Waals surface area contributed by atoms with Crippen molar-refractivity contribution in [3.63, 3.8) is 0 Å². The standard InChI is InChI=1S/C26H30FN5O6/c1-4-36-26(34)38-32-8-7-16(11-32)31-25(33)21-14(2)30-24-22(28-13-29-23(21)24)17-9-20(35-3)18(27)10-19(17)37-12-15-5-6-15/h9-10,13,15-16,30H,4-8,11-12H2,1-3H3,(H,31,33)/t16-/m1/s1. The molecule has 3 heterocycles. The number of nitrogens with zero attached hydrogens (tertiary/aromatic N) is 3. The van der Waals surface area contributed by atoms with Gasteiger partial charge in [-0.05, 0) is 45.1 Å². The van der Waals surface area contributed by atoms with Crippen molar-refractivity contribution in [2.24, 2.45) is 5.92 Å². The Morgan fingerprint density at radius 3 is 2.76 bits per heavy atom. The molecular weight excluding hydrogens is 497 g/mol. The van der Waals surface area contributed by atoms with Crippen LogP contribution in [0.3, 0.4) is 0 Å². The van der Waals surface area contributed by atoms with E-state index in [1.54, 1.807) is 19.9 Å². The topological polar surface area (TPSA) is 128 Å². The minimum Gasteiger partial charge on any atom is -0.494 e. The molecule has 3 aromatic rings. The minimum atomic E-state index is -0.769. The van der Waals surface area contributed by atoms with Gasteiger partial charge in [0.1, 0.15) is 23.3 Å². The quantitative estimate of drug-likeness (QED) is 0.400. The zero-order chi connectivity index (χ0) is 26.8. The molecule has 1 atom stereocenters. The third-order valence-corrected chi connectivity index (χ3v) is 6.63. The van der Waals surface area contributed by atoms with Crippen molar-refractivity contribution in [3.8, 4) is 22.8 Å². The predicted molar refractivity (Wildman–Crippen MR) is 134 cm³/mol. The summed E-state index contributed by atoms with van der Waals surface area (Å²) in [5.74, 6) is 0.0234. The number of hydroxylamine groups is 2. The molecule has 0 radical (unpaired) electrons. The molecule has 2 aliphatic rings. The molecule has 0 unspecified atom stereocenters. The number of halogens is 1. The second-order valence-corrected chi connectivity index (χ2v) is 9.43. The van der Waals surface area contributed by atoms with Gasteiger partial charge in [0.2, 0.25) is 0 Å². The van der Waals surface area contributed by atoms with Gasteiger partial charge in [0, 0.05) is 29.9 Å². The van der Waals surface area contributed by atoms with E-state index in [0.29, 0.717) is 71.3 Å². The predicted octanol–water partition coefficient (Wildman–Crippen LogP) is 3.76. The lowest BCUT2D eigenvalue weighted by Crippen LogP contribution is -2.37. The van der Waals surface area contributed by atoms with Crippen LogP contribution in [-0.4, -0.2) is 71.5 Å². The summed E-state index contributed by atoms with van der Waals surface area (Å²) in [7, 11) is 1.39. The number of carbonyl (C=O) groups is 2. The van der Waals surface area contributed by atoms with Gasteiger partial charge in [-0.1, -0.05) is 0 Å². The second kappa shape index (κ2) is 10.8. The highest BCUT2D eigenvalue weighted by atomic mass is 19.1. The Labute approximate surface area is 218 Å². The number of methoxy groups -OCH3 is 1. The number of hydrogen-bond acceptors (Lipinski definition) is 9. The minimum absolute atomic E-state index is 0.0580. The molecule has 2 fully saturated rings. The number of hydrogen-bond donors (Lipinski definition) is 2. The first kappa shape index (κ1) is 25.7. The molecule has 1 aliphatic carbocycles. The SMILES string of the molecule is CCOC(=O)ON1CC[C@@H](NC(=O)c2c(C)[nH]c3c(-c4cc(OC)c(F)cc4OCC4CC4)ncnc23)C1. The number of H-pyrrole nitrogens is 1. The molecule has 2 N–H and O–H groups in total. The molecule has 11 nitrogen and oxygen atoms in total. The lowest BCUT2D eigenvalue weighted by Gasteiger charge is -2.15. The molecule has 1 aromatic carbocycles. The molecule has 1 saturated carbocycles. The summed E-state index contributed by atoms with van der Waals surface area (Å²) >= 11 is 0. The molecular formula is C26H30FN5O6. The van der Waals surface area contributed by atoms with Gasteiger partial charge in [-0.2, -0.15) is 0 Å². The van der Waals surface area contributed by atoms with Crippen LogP contribution in [0.4, 0.5) is 9.18 Å². The first-order chi connectivity index (χ1) is 18.4. The van der Waals surface area contributed by atoms with Crippen LogP contribution in [0.2, 0.25) is 0 Å². The van der Waals surface area contributed by atoms with Crippen LogP contribution >= 0.6 is 0 Å². The van der Waals surface area contributed by atoms with Crippen LogP contribution in [0.5, 0.6) is 11.5 Å². The van der Waals surface area contributed by atoms with Gasteiger partial charge >= 0.3 is 6.16 Å². The van der Waals surface area contributed by atoms with Crippen molar-refractivity contribution in [3.05, 3.63) is 35.5 Å².